The molecule has 128 valence electrons. The van der Waals surface area contributed by atoms with Gasteiger partial charge in [0.1, 0.15) is 23.8 Å². The molecule has 0 amide bonds. The Bertz CT molecular complexity index is 656. The summed E-state index contributed by atoms with van der Waals surface area (Å²) in [6.45, 7) is 2.63. The second-order valence-electron chi connectivity index (χ2n) is 6.09. The smallest absolute Gasteiger partial charge is 0.134 e. The summed E-state index contributed by atoms with van der Waals surface area (Å²) in [7, 11) is 0. The highest BCUT2D eigenvalue weighted by Crippen LogP contribution is 2.18. The van der Waals surface area contributed by atoms with Crippen LogP contribution in [0.3, 0.4) is 0 Å². The van der Waals surface area contributed by atoms with Gasteiger partial charge in [0, 0.05) is 38.1 Å². The predicted molar refractivity (Wildman–Crippen MR) is 87.2 cm³/mol. The molecule has 0 aliphatic carbocycles. The highest BCUT2D eigenvalue weighted by molar-refractivity contribution is 5.22. The molecule has 1 aromatic carbocycles. The minimum atomic E-state index is -1.14. The quantitative estimate of drug-likeness (QED) is 0.906. The maximum absolute atomic E-state index is 13.2. The van der Waals surface area contributed by atoms with Crippen molar-refractivity contribution in [1.29, 1.82) is 0 Å². The molecular weight excluding hydrogens is 311 g/mol. The summed E-state index contributed by atoms with van der Waals surface area (Å²) < 4.78 is 24.3. The minimum Gasteiger partial charge on any atom is -0.490 e. The number of nitrogens with zero attached hydrogens (tertiary/aromatic N) is 2. The maximum atomic E-state index is 13.2. The molecule has 3 rings (SSSR count). The van der Waals surface area contributed by atoms with Crippen LogP contribution in [0.15, 0.2) is 48.8 Å². The summed E-state index contributed by atoms with van der Waals surface area (Å²) in [5.41, 5.74) is -0.0177. The van der Waals surface area contributed by atoms with E-state index in [9.17, 15) is 9.50 Å². The van der Waals surface area contributed by atoms with Gasteiger partial charge in [0.25, 0.3) is 0 Å². The number of aliphatic hydroxyl groups is 1. The molecule has 6 heteroatoms. The summed E-state index contributed by atoms with van der Waals surface area (Å²) in [6.07, 6.45) is 3.51. The normalized spacial score (nSPS) is 22.1. The van der Waals surface area contributed by atoms with Gasteiger partial charge in [-0.2, -0.15) is 0 Å². The number of β-amino-alcohol motifs (C(OH)–C–C–N with tert-alkyl or cyclic N) is 1. The fourth-order valence-corrected chi connectivity index (χ4v) is 2.74. The van der Waals surface area contributed by atoms with Gasteiger partial charge in [0.05, 0.1) is 13.2 Å². The first-order chi connectivity index (χ1) is 11.6. The van der Waals surface area contributed by atoms with E-state index in [0.717, 1.165) is 12.1 Å². The molecule has 24 heavy (non-hydrogen) atoms. The van der Waals surface area contributed by atoms with E-state index in [1.807, 2.05) is 12.1 Å². The van der Waals surface area contributed by atoms with Gasteiger partial charge in [0.2, 0.25) is 0 Å². The van der Waals surface area contributed by atoms with Crippen LogP contribution >= 0.6 is 0 Å². The lowest BCUT2D eigenvalue weighted by atomic mass is 10.1. The molecule has 0 saturated carbocycles. The van der Waals surface area contributed by atoms with Crippen molar-refractivity contribution in [2.75, 3.05) is 32.9 Å². The number of pyridine rings is 1. The zero-order chi connectivity index (χ0) is 16.8. The molecule has 2 heterocycles. The van der Waals surface area contributed by atoms with Crippen LogP contribution in [0.1, 0.15) is 5.56 Å². The van der Waals surface area contributed by atoms with E-state index in [1.165, 1.54) is 12.1 Å². The number of ether oxygens (including phenoxy) is 2. The lowest BCUT2D eigenvalue weighted by Gasteiger charge is -2.30. The average Bonchev–Trinajstić information content (AvgIpc) is 2.76. The summed E-state index contributed by atoms with van der Waals surface area (Å²) in [5.74, 6) is 0.0317. The number of hydrogen-bond acceptors (Lipinski definition) is 5. The Morgan fingerprint density at radius 2 is 2.12 bits per heavy atom. The number of hydrogen-bond donors (Lipinski definition) is 1. The van der Waals surface area contributed by atoms with Crippen molar-refractivity contribution in [2.45, 2.75) is 12.1 Å². The van der Waals surface area contributed by atoms with Crippen LogP contribution < -0.4 is 4.74 Å². The monoisotopic (exact) mass is 332 g/mol. The largest absolute Gasteiger partial charge is 0.490 e. The van der Waals surface area contributed by atoms with E-state index in [4.69, 9.17) is 9.47 Å². The van der Waals surface area contributed by atoms with Gasteiger partial charge in [0.15, 0.2) is 0 Å². The number of aromatic nitrogens is 1. The summed E-state index contributed by atoms with van der Waals surface area (Å²) in [6, 6.07) is 9.80. The first-order valence-corrected chi connectivity index (χ1v) is 7.93. The van der Waals surface area contributed by atoms with E-state index >= 15 is 0 Å². The van der Waals surface area contributed by atoms with E-state index in [0.29, 0.717) is 25.4 Å². The molecule has 1 fully saturated rings. The average molecular weight is 332 g/mol. The molecular formula is C18H21FN2O3. The van der Waals surface area contributed by atoms with Crippen molar-refractivity contribution in [2.24, 2.45) is 0 Å². The van der Waals surface area contributed by atoms with Crippen LogP contribution in [0, 0.1) is 5.82 Å². The second-order valence-corrected chi connectivity index (χ2v) is 6.09. The molecule has 0 bridgehead atoms. The Morgan fingerprint density at radius 1 is 1.29 bits per heavy atom. The van der Waals surface area contributed by atoms with Crippen LogP contribution in [0.4, 0.5) is 4.39 Å². The number of benzene rings is 1. The SMILES string of the molecule is O[C@]1(COc2cccc(F)c2)COCCN(Cc2ccncc2)C1. The highest BCUT2D eigenvalue weighted by atomic mass is 19.1. The summed E-state index contributed by atoms with van der Waals surface area (Å²) in [5, 5.41) is 10.8. The van der Waals surface area contributed by atoms with Crippen LogP contribution in [0.5, 0.6) is 5.75 Å². The van der Waals surface area contributed by atoms with Crippen LogP contribution in [-0.4, -0.2) is 53.5 Å². The van der Waals surface area contributed by atoms with E-state index in [2.05, 4.69) is 9.88 Å². The van der Waals surface area contributed by atoms with Gasteiger partial charge >= 0.3 is 0 Å². The Balaban J connectivity index is 1.62. The minimum absolute atomic E-state index is 0.0449. The van der Waals surface area contributed by atoms with Crippen molar-refractivity contribution in [3.63, 3.8) is 0 Å². The van der Waals surface area contributed by atoms with E-state index in [-0.39, 0.29) is 19.0 Å². The van der Waals surface area contributed by atoms with Crippen molar-refractivity contribution < 1.29 is 19.0 Å². The van der Waals surface area contributed by atoms with Gasteiger partial charge < -0.3 is 14.6 Å². The first-order valence-electron chi connectivity index (χ1n) is 7.93. The first kappa shape index (κ1) is 16.8. The van der Waals surface area contributed by atoms with Crippen LogP contribution in [-0.2, 0) is 11.3 Å². The predicted octanol–water partition coefficient (Wildman–Crippen LogP) is 1.86. The zero-order valence-corrected chi connectivity index (χ0v) is 13.4. The fourth-order valence-electron chi connectivity index (χ4n) is 2.74. The molecule has 0 unspecified atom stereocenters. The Hall–Kier alpha value is -2.02. The molecule has 5 nitrogen and oxygen atoms in total. The van der Waals surface area contributed by atoms with Gasteiger partial charge in [-0.15, -0.1) is 0 Å². The highest BCUT2D eigenvalue weighted by Gasteiger charge is 2.33. The van der Waals surface area contributed by atoms with Gasteiger partial charge in [-0.25, -0.2) is 4.39 Å². The maximum Gasteiger partial charge on any atom is 0.134 e. The third kappa shape index (κ3) is 4.74. The third-order valence-electron chi connectivity index (χ3n) is 3.90. The number of rotatable bonds is 5. The van der Waals surface area contributed by atoms with E-state index in [1.54, 1.807) is 24.5 Å². The molecule has 0 spiro atoms. The molecule has 1 saturated heterocycles. The zero-order valence-electron chi connectivity index (χ0n) is 13.4. The van der Waals surface area contributed by atoms with Crippen molar-refractivity contribution >= 4 is 0 Å². The molecule has 1 N–H and O–H groups in total. The lowest BCUT2D eigenvalue weighted by Crippen LogP contribution is -2.48. The second kappa shape index (κ2) is 7.70. The van der Waals surface area contributed by atoms with Crippen molar-refractivity contribution in [1.82, 2.24) is 9.88 Å². The van der Waals surface area contributed by atoms with Gasteiger partial charge in [-0.1, -0.05) is 6.07 Å². The van der Waals surface area contributed by atoms with Crippen molar-refractivity contribution in [3.8, 4) is 5.75 Å². The Labute approximate surface area is 140 Å². The van der Waals surface area contributed by atoms with E-state index < -0.39 is 5.60 Å². The molecule has 0 radical (unpaired) electrons. The van der Waals surface area contributed by atoms with Gasteiger partial charge in [-0.3, -0.25) is 9.88 Å². The molecule has 2 aromatic rings. The standard InChI is InChI=1S/C18H21FN2O3/c19-16-2-1-3-17(10-16)24-14-18(22)12-21(8-9-23-13-18)11-15-4-6-20-7-5-15/h1-7,10,22H,8-9,11-14H2/t18-/m0/s1. The van der Waals surface area contributed by atoms with Gasteiger partial charge in [-0.05, 0) is 29.8 Å². The Morgan fingerprint density at radius 3 is 2.92 bits per heavy atom. The molecule has 1 atom stereocenters. The topological polar surface area (TPSA) is 54.8 Å². The lowest BCUT2D eigenvalue weighted by molar-refractivity contribution is -0.0647. The number of halogens is 1. The molecule has 1 aliphatic heterocycles. The third-order valence-corrected chi connectivity index (χ3v) is 3.90. The van der Waals surface area contributed by atoms with Crippen LogP contribution in [0.2, 0.25) is 0 Å². The fraction of sp³-hybridized carbons (Fsp3) is 0.389. The Kier molecular flexibility index (Phi) is 5.40. The van der Waals surface area contributed by atoms with Crippen LogP contribution in [0.25, 0.3) is 0 Å². The summed E-state index contributed by atoms with van der Waals surface area (Å²) in [4.78, 5) is 6.13. The molecule has 1 aromatic heterocycles. The molecule has 1 aliphatic rings. The summed E-state index contributed by atoms with van der Waals surface area (Å²) >= 11 is 0. The van der Waals surface area contributed by atoms with Crippen molar-refractivity contribution in [3.05, 3.63) is 60.2 Å².